The van der Waals surface area contributed by atoms with E-state index in [1.54, 1.807) is 7.11 Å². The highest BCUT2D eigenvalue weighted by Gasteiger charge is 2.24. The Labute approximate surface area is 121 Å². The van der Waals surface area contributed by atoms with Crippen molar-refractivity contribution in [2.45, 2.75) is 45.8 Å². The number of para-hydroxylation sites is 1. The van der Waals surface area contributed by atoms with Crippen LogP contribution in [0, 0.1) is 6.92 Å². The Kier molecular flexibility index (Phi) is 5.21. The maximum atomic E-state index is 6.10. The standard InChI is InChI=1S/C17H25NO2/c1-5-10-18-16(14(6-2)19-4)15-11-13-9-7-8-12(3)17(13)20-15/h7-9,11,14,16,18H,5-6,10H2,1-4H3. The van der Waals surface area contributed by atoms with E-state index in [-0.39, 0.29) is 12.1 Å². The van der Waals surface area contributed by atoms with E-state index in [0.717, 1.165) is 36.1 Å². The highest BCUT2D eigenvalue weighted by atomic mass is 16.5. The van der Waals surface area contributed by atoms with Crippen LogP contribution in [0.2, 0.25) is 0 Å². The van der Waals surface area contributed by atoms with E-state index in [1.807, 2.05) is 0 Å². The van der Waals surface area contributed by atoms with Gasteiger partial charge in [0.05, 0.1) is 12.1 Å². The SMILES string of the molecule is CCCNC(c1cc2cccc(C)c2o1)C(CC)OC. The summed E-state index contributed by atoms with van der Waals surface area (Å²) in [6, 6.07) is 8.49. The van der Waals surface area contributed by atoms with Crippen molar-refractivity contribution >= 4 is 11.0 Å². The molecule has 110 valence electrons. The molecule has 0 spiro atoms. The molecule has 20 heavy (non-hydrogen) atoms. The highest BCUT2D eigenvalue weighted by molar-refractivity contribution is 5.81. The molecule has 0 aliphatic carbocycles. The number of aryl methyl sites for hydroxylation is 1. The first-order chi connectivity index (χ1) is 9.71. The Bertz CT molecular complexity index is 543. The van der Waals surface area contributed by atoms with Gasteiger partial charge in [0.1, 0.15) is 11.3 Å². The first-order valence-electron chi connectivity index (χ1n) is 7.46. The second-order valence-corrected chi connectivity index (χ2v) is 5.26. The highest BCUT2D eigenvalue weighted by Crippen LogP contribution is 2.29. The van der Waals surface area contributed by atoms with E-state index in [9.17, 15) is 0 Å². The lowest BCUT2D eigenvalue weighted by molar-refractivity contribution is 0.0585. The molecule has 0 aliphatic rings. The van der Waals surface area contributed by atoms with Gasteiger partial charge in [0.15, 0.2) is 0 Å². The number of benzene rings is 1. The second kappa shape index (κ2) is 6.91. The summed E-state index contributed by atoms with van der Waals surface area (Å²) in [5.74, 6) is 0.969. The molecule has 2 aromatic rings. The fraction of sp³-hybridized carbons (Fsp3) is 0.529. The molecule has 3 heteroatoms. The molecular formula is C17H25NO2. The monoisotopic (exact) mass is 275 g/mol. The number of fused-ring (bicyclic) bond motifs is 1. The zero-order valence-electron chi connectivity index (χ0n) is 12.9. The molecule has 0 radical (unpaired) electrons. The van der Waals surface area contributed by atoms with E-state index < -0.39 is 0 Å². The van der Waals surface area contributed by atoms with Crippen LogP contribution in [-0.2, 0) is 4.74 Å². The molecule has 2 atom stereocenters. The van der Waals surface area contributed by atoms with Gasteiger partial charge < -0.3 is 14.5 Å². The van der Waals surface area contributed by atoms with Crippen LogP contribution in [0.3, 0.4) is 0 Å². The summed E-state index contributed by atoms with van der Waals surface area (Å²) < 4.78 is 11.7. The number of ether oxygens (including phenoxy) is 1. The third-order valence-corrected chi connectivity index (χ3v) is 3.76. The number of furan rings is 1. The predicted molar refractivity (Wildman–Crippen MR) is 83.1 cm³/mol. The van der Waals surface area contributed by atoms with Crippen molar-refractivity contribution < 1.29 is 9.15 Å². The lowest BCUT2D eigenvalue weighted by atomic mass is 10.1. The van der Waals surface area contributed by atoms with E-state index in [1.165, 1.54) is 5.56 Å². The molecule has 0 bridgehead atoms. The van der Waals surface area contributed by atoms with Crippen LogP contribution in [0.1, 0.15) is 44.1 Å². The molecule has 1 heterocycles. The van der Waals surface area contributed by atoms with E-state index in [4.69, 9.17) is 9.15 Å². The van der Waals surface area contributed by atoms with Gasteiger partial charge in [-0.1, -0.05) is 32.0 Å². The molecule has 1 N–H and O–H groups in total. The Morgan fingerprint density at radius 3 is 2.70 bits per heavy atom. The normalized spacial score (nSPS) is 14.6. The number of rotatable bonds is 7. The van der Waals surface area contributed by atoms with Gasteiger partial charge in [0.25, 0.3) is 0 Å². The van der Waals surface area contributed by atoms with Crippen molar-refractivity contribution in [3.63, 3.8) is 0 Å². The van der Waals surface area contributed by atoms with Gasteiger partial charge in [-0.15, -0.1) is 0 Å². The smallest absolute Gasteiger partial charge is 0.137 e. The van der Waals surface area contributed by atoms with Crippen molar-refractivity contribution in [3.8, 4) is 0 Å². The van der Waals surface area contributed by atoms with E-state index >= 15 is 0 Å². The summed E-state index contributed by atoms with van der Waals surface area (Å²) in [5.41, 5.74) is 2.16. The summed E-state index contributed by atoms with van der Waals surface area (Å²) in [4.78, 5) is 0. The average molecular weight is 275 g/mol. The Hall–Kier alpha value is -1.32. The first kappa shape index (κ1) is 15.1. The van der Waals surface area contributed by atoms with Crippen molar-refractivity contribution in [2.75, 3.05) is 13.7 Å². The molecule has 0 amide bonds. The average Bonchev–Trinajstić information content (AvgIpc) is 2.88. The van der Waals surface area contributed by atoms with Crippen LogP contribution >= 0.6 is 0 Å². The largest absolute Gasteiger partial charge is 0.459 e. The quantitative estimate of drug-likeness (QED) is 0.822. The van der Waals surface area contributed by atoms with Gasteiger partial charge in [-0.2, -0.15) is 0 Å². The Balaban J connectivity index is 2.36. The molecule has 1 aromatic carbocycles. The zero-order valence-corrected chi connectivity index (χ0v) is 12.9. The first-order valence-corrected chi connectivity index (χ1v) is 7.46. The third-order valence-electron chi connectivity index (χ3n) is 3.76. The number of methoxy groups -OCH3 is 1. The molecule has 0 saturated heterocycles. The van der Waals surface area contributed by atoms with E-state index in [0.29, 0.717) is 0 Å². The number of nitrogens with one attached hydrogen (secondary N) is 1. The van der Waals surface area contributed by atoms with Gasteiger partial charge in [-0.05, 0) is 37.9 Å². The zero-order chi connectivity index (χ0) is 14.5. The summed E-state index contributed by atoms with van der Waals surface area (Å²) in [7, 11) is 1.77. The van der Waals surface area contributed by atoms with Crippen LogP contribution in [0.4, 0.5) is 0 Å². The summed E-state index contributed by atoms with van der Waals surface area (Å²) in [5, 5.41) is 4.71. The third kappa shape index (κ3) is 3.05. The number of hydrogen-bond donors (Lipinski definition) is 1. The minimum Gasteiger partial charge on any atom is -0.459 e. The van der Waals surface area contributed by atoms with Gasteiger partial charge >= 0.3 is 0 Å². The molecule has 0 aliphatic heterocycles. The van der Waals surface area contributed by atoms with Gasteiger partial charge in [-0.3, -0.25) is 0 Å². The Morgan fingerprint density at radius 2 is 2.10 bits per heavy atom. The molecule has 2 rings (SSSR count). The Morgan fingerprint density at radius 1 is 1.30 bits per heavy atom. The summed E-state index contributed by atoms with van der Waals surface area (Å²) in [6.07, 6.45) is 2.17. The van der Waals surface area contributed by atoms with E-state index in [2.05, 4.69) is 50.4 Å². The van der Waals surface area contributed by atoms with Crippen molar-refractivity contribution in [1.82, 2.24) is 5.32 Å². The van der Waals surface area contributed by atoms with Crippen LogP contribution in [0.5, 0.6) is 0 Å². The van der Waals surface area contributed by atoms with Crippen LogP contribution in [0.15, 0.2) is 28.7 Å². The van der Waals surface area contributed by atoms with Gasteiger partial charge in [0.2, 0.25) is 0 Å². The van der Waals surface area contributed by atoms with Crippen LogP contribution < -0.4 is 5.32 Å². The lowest BCUT2D eigenvalue weighted by Gasteiger charge is -2.24. The molecule has 0 saturated carbocycles. The van der Waals surface area contributed by atoms with Crippen molar-refractivity contribution in [3.05, 3.63) is 35.6 Å². The fourth-order valence-corrected chi connectivity index (χ4v) is 2.64. The fourth-order valence-electron chi connectivity index (χ4n) is 2.64. The van der Waals surface area contributed by atoms with Crippen LogP contribution in [0.25, 0.3) is 11.0 Å². The summed E-state index contributed by atoms with van der Waals surface area (Å²) in [6.45, 7) is 7.35. The lowest BCUT2D eigenvalue weighted by Crippen LogP contribution is -2.33. The molecule has 0 fully saturated rings. The maximum Gasteiger partial charge on any atom is 0.137 e. The van der Waals surface area contributed by atoms with Crippen molar-refractivity contribution in [1.29, 1.82) is 0 Å². The molecule has 1 aromatic heterocycles. The van der Waals surface area contributed by atoms with Crippen LogP contribution in [-0.4, -0.2) is 19.8 Å². The maximum absolute atomic E-state index is 6.10. The van der Waals surface area contributed by atoms with Crippen molar-refractivity contribution in [2.24, 2.45) is 0 Å². The number of hydrogen-bond acceptors (Lipinski definition) is 3. The predicted octanol–water partition coefficient (Wildman–Crippen LogP) is 4.21. The van der Waals surface area contributed by atoms with Gasteiger partial charge in [-0.25, -0.2) is 0 Å². The molecular weight excluding hydrogens is 250 g/mol. The summed E-state index contributed by atoms with van der Waals surface area (Å²) >= 11 is 0. The topological polar surface area (TPSA) is 34.4 Å². The minimum absolute atomic E-state index is 0.108. The minimum atomic E-state index is 0.108. The molecule has 3 nitrogen and oxygen atoms in total. The van der Waals surface area contributed by atoms with Gasteiger partial charge in [0, 0.05) is 12.5 Å². The molecule has 2 unspecified atom stereocenters. The second-order valence-electron chi connectivity index (χ2n) is 5.26.